The monoisotopic (exact) mass is 330 g/mol. The van der Waals surface area contributed by atoms with Gasteiger partial charge in [-0.2, -0.15) is 4.98 Å². The van der Waals surface area contributed by atoms with Crippen LogP contribution in [-0.2, 0) is 24.2 Å². The Morgan fingerprint density at radius 3 is 3.00 bits per heavy atom. The average Bonchev–Trinajstić information content (AvgIpc) is 3.08. The maximum Gasteiger partial charge on any atom is 0.318 e. The summed E-state index contributed by atoms with van der Waals surface area (Å²) in [7, 11) is 0. The van der Waals surface area contributed by atoms with Crippen LogP contribution >= 0.6 is 0 Å². The first kappa shape index (κ1) is 16.4. The molecule has 1 aromatic heterocycles. The SMILES string of the molecule is CCOC(C)c1noc(CNC(=O)N2CCc3ccccc3C2)n1. The summed E-state index contributed by atoms with van der Waals surface area (Å²) >= 11 is 0. The summed E-state index contributed by atoms with van der Waals surface area (Å²) < 4.78 is 10.6. The second-order valence-electron chi connectivity index (χ2n) is 5.74. The number of nitrogens with one attached hydrogen (secondary N) is 1. The fraction of sp³-hybridized carbons (Fsp3) is 0.471. The molecule has 2 heterocycles. The van der Waals surface area contributed by atoms with Crippen molar-refractivity contribution in [2.24, 2.45) is 0 Å². The number of amides is 2. The predicted molar refractivity (Wildman–Crippen MR) is 87.1 cm³/mol. The summed E-state index contributed by atoms with van der Waals surface area (Å²) in [5.74, 6) is 0.871. The van der Waals surface area contributed by atoms with E-state index in [0.717, 1.165) is 6.42 Å². The summed E-state index contributed by atoms with van der Waals surface area (Å²) in [5, 5.41) is 6.71. The van der Waals surface area contributed by atoms with Gasteiger partial charge < -0.3 is 19.5 Å². The number of rotatable bonds is 5. The van der Waals surface area contributed by atoms with Crippen LogP contribution < -0.4 is 5.32 Å². The second kappa shape index (κ2) is 7.44. The maximum absolute atomic E-state index is 12.3. The number of hydrogen-bond acceptors (Lipinski definition) is 5. The third-order valence-electron chi connectivity index (χ3n) is 4.07. The molecule has 1 N–H and O–H groups in total. The van der Waals surface area contributed by atoms with Gasteiger partial charge in [-0.25, -0.2) is 4.79 Å². The van der Waals surface area contributed by atoms with E-state index in [1.54, 1.807) is 4.90 Å². The fourth-order valence-electron chi connectivity index (χ4n) is 2.76. The van der Waals surface area contributed by atoms with Gasteiger partial charge in [-0.15, -0.1) is 0 Å². The molecule has 7 heteroatoms. The zero-order valence-corrected chi connectivity index (χ0v) is 14.0. The number of hydrogen-bond donors (Lipinski definition) is 1. The highest BCUT2D eigenvalue weighted by Gasteiger charge is 2.21. The molecular weight excluding hydrogens is 308 g/mol. The zero-order chi connectivity index (χ0) is 16.9. The lowest BCUT2D eigenvalue weighted by molar-refractivity contribution is 0.0683. The van der Waals surface area contributed by atoms with E-state index in [-0.39, 0.29) is 18.7 Å². The molecule has 3 rings (SSSR count). The van der Waals surface area contributed by atoms with Gasteiger partial charge in [0.15, 0.2) is 5.82 Å². The molecule has 1 aliphatic heterocycles. The molecule has 0 bridgehead atoms. The highest BCUT2D eigenvalue weighted by Crippen LogP contribution is 2.18. The normalized spacial score (nSPS) is 15.0. The number of fused-ring (bicyclic) bond motifs is 1. The van der Waals surface area contributed by atoms with Crippen LogP contribution in [-0.4, -0.2) is 34.2 Å². The van der Waals surface area contributed by atoms with Crippen molar-refractivity contribution in [1.82, 2.24) is 20.4 Å². The molecule has 7 nitrogen and oxygen atoms in total. The van der Waals surface area contributed by atoms with E-state index in [9.17, 15) is 4.79 Å². The lowest BCUT2D eigenvalue weighted by Gasteiger charge is -2.28. The van der Waals surface area contributed by atoms with E-state index in [0.29, 0.717) is 31.4 Å². The van der Waals surface area contributed by atoms with Crippen molar-refractivity contribution in [3.05, 3.63) is 47.1 Å². The number of urea groups is 1. The van der Waals surface area contributed by atoms with Crippen molar-refractivity contribution < 1.29 is 14.1 Å². The first-order chi connectivity index (χ1) is 11.7. The minimum absolute atomic E-state index is 0.123. The van der Waals surface area contributed by atoms with Crippen LogP contribution in [0.25, 0.3) is 0 Å². The van der Waals surface area contributed by atoms with Crippen molar-refractivity contribution in [1.29, 1.82) is 0 Å². The molecule has 1 unspecified atom stereocenters. The van der Waals surface area contributed by atoms with Gasteiger partial charge in [0.05, 0.1) is 6.54 Å². The molecule has 0 fully saturated rings. The average molecular weight is 330 g/mol. The van der Waals surface area contributed by atoms with E-state index in [4.69, 9.17) is 9.26 Å². The van der Waals surface area contributed by atoms with Gasteiger partial charge in [-0.05, 0) is 31.4 Å². The molecule has 2 aromatic rings. The van der Waals surface area contributed by atoms with Crippen molar-refractivity contribution in [3.63, 3.8) is 0 Å². The molecule has 0 aliphatic carbocycles. The Bertz CT molecular complexity index is 701. The smallest absolute Gasteiger partial charge is 0.318 e. The quantitative estimate of drug-likeness (QED) is 0.911. The first-order valence-corrected chi connectivity index (χ1v) is 8.21. The van der Waals surface area contributed by atoms with Crippen molar-refractivity contribution in [2.75, 3.05) is 13.2 Å². The molecular formula is C17H22N4O3. The summed E-state index contributed by atoms with van der Waals surface area (Å²) in [6.45, 7) is 5.90. The minimum Gasteiger partial charge on any atom is -0.371 e. The van der Waals surface area contributed by atoms with Gasteiger partial charge in [0.1, 0.15) is 6.10 Å². The number of aromatic nitrogens is 2. The summed E-state index contributed by atoms with van der Waals surface area (Å²) in [5.41, 5.74) is 2.51. The second-order valence-corrected chi connectivity index (χ2v) is 5.74. The van der Waals surface area contributed by atoms with Gasteiger partial charge >= 0.3 is 6.03 Å². The third-order valence-corrected chi connectivity index (χ3v) is 4.07. The van der Waals surface area contributed by atoms with E-state index < -0.39 is 0 Å². The number of ether oxygens (including phenoxy) is 1. The molecule has 1 aliphatic rings. The molecule has 0 radical (unpaired) electrons. The Morgan fingerprint density at radius 2 is 2.21 bits per heavy atom. The van der Waals surface area contributed by atoms with Crippen molar-refractivity contribution in [3.8, 4) is 0 Å². The van der Waals surface area contributed by atoms with Gasteiger partial charge in [0.2, 0.25) is 5.89 Å². The highest BCUT2D eigenvalue weighted by atomic mass is 16.5. The first-order valence-electron chi connectivity index (χ1n) is 8.21. The largest absolute Gasteiger partial charge is 0.371 e. The Morgan fingerprint density at radius 1 is 1.42 bits per heavy atom. The predicted octanol–water partition coefficient (Wildman–Crippen LogP) is 2.44. The van der Waals surface area contributed by atoms with E-state index in [1.807, 2.05) is 26.0 Å². The van der Waals surface area contributed by atoms with E-state index in [2.05, 4.69) is 27.6 Å². The molecule has 0 spiro atoms. The van der Waals surface area contributed by atoms with Crippen LogP contribution in [0.3, 0.4) is 0 Å². The van der Waals surface area contributed by atoms with Crippen LogP contribution in [0.5, 0.6) is 0 Å². The van der Waals surface area contributed by atoms with Gasteiger partial charge in [-0.1, -0.05) is 29.4 Å². The van der Waals surface area contributed by atoms with Crippen LogP contribution in [0, 0.1) is 0 Å². The fourth-order valence-corrected chi connectivity index (χ4v) is 2.76. The molecule has 2 amide bonds. The van der Waals surface area contributed by atoms with Crippen LogP contribution in [0.4, 0.5) is 4.79 Å². The zero-order valence-electron chi connectivity index (χ0n) is 14.0. The van der Waals surface area contributed by atoms with Crippen LogP contribution in [0.15, 0.2) is 28.8 Å². The van der Waals surface area contributed by atoms with Gasteiger partial charge in [0, 0.05) is 19.7 Å². The Labute approximate surface area is 141 Å². The van der Waals surface area contributed by atoms with E-state index >= 15 is 0 Å². The molecule has 1 aromatic carbocycles. The summed E-state index contributed by atoms with van der Waals surface area (Å²) in [6, 6.07) is 8.09. The van der Waals surface area contributed by atoms with Gasteiger partial charge in [-0.3, -0.25) is 0 Å². The molecule has 128 valence electrons. The lowest BCUT2D eigenvalue weighted by atomic mass is 10.0. The third kappa shape index (κ3) is 3.73. The summed E-state index contributed by atoms with van der Waals surface area (Å²) in [4.78, 5) is 18.4. The topological polar surface area (TPSA) is 80.5 Å². The lowest BCUT2D eigenvalue weighted by Crippen LogP contribution is -2.42. The van der Waals surface area contributed by atoms with Crippen LogP contribution in [0.1, 0.15) is 42.8 Å². The number of nitrogens with zero attached hydrogens (tertiary/aromatic N) is 3. The van der Waals surface area contributed by atoms with Crippen molar-refractivity contribution >= 4 is 6.03 Å². The van der Waals surface area contributed by atoms with Crippen molar-refractivity contribution in [2.45, 2.75) is 39.5 Å². The number of carbonyl (C=O) groups is 1. The minimum atomic E-state index is -0.221. The summed E-state index contributed by atoms with van der Waals surface area (Å²) in [6.07, 6.45) is 0.655. The standard InChI is InChI=1S/C17H22N4O3/c1-3-23-12(2)16-19-15(24-20-16)10-18-17(22)21-9-8-13-6-4-5-7-14(13)11-21/h4-7,12H,3,8-11H2,1-2H3,(H,18,22). The molecule has 0 saturated carbocycles. The van der Waals surface area contributed by atoms with E-state index in [1.165, 1.54) is 11.1 Å². The molecule has 1 atom stereocenters. The highest BCUT2D eigenvalue weighted by molar-refractivity contribution is 5.74. The van der Waals surface area contributed by atoms with Crippen LogP contribution in [0.2, 0.25) is 0 Å². The van der Waals surface area contributed by atoms with Gasteiger partial charge in [0.25, 0.3) is 0 Å². The Balaban J connectivity index is 1.53. The molecule has 24 heavy (non-hydrogen) atoms. The number of carbonyl (C=O) groups excluding carboxylic acids is 1. The molecule has 0 saturated heterocycles. The number of benzene rings is 1. The Kier molecular flexibility index (Phi) is 5.10. The maximum atomic E-state index is 12.3. The Hall–Kier alpha value is -2.41.